The molecule has 2 fully saturated rings. The summed E-state index contributed by atoms with van der Waals surface area (Å²) in [4.78, 5) is 15.0. The highest BCUT2D eigenvalue weighted by Crippen LogP contribution is 2.25. The van der Waals surface area contributed by atoms with E-state index >= 15 is 0 Å². The SMILES string of the molecule is Cc1ccc(S(=O)(=O)N2CCN(C(=O)C3CCN(S(=O)(=O)Cc4ccccc4)CC3)CC2)cc1. The van der Waals surface area contributed by atoms with E-state index in [9.17, 15) is 21.6 Å². The van der Waals surface area contributed by atoms with Gasteiger partial charge in [0.05, 0.1) is 10.6 Å². The van der Waals surface area contributed by atoms with Crippen LogP contribution in [-0.4, -0.2) is 75.5 Å². The molecule has 2 aromatic carbocycles. The van der Waals surface area contributed by atoms with E-state index in [1.165, 1.54) is 8.61 Å². The monoisotopic (exact) mass is 505 g/mol. The summed E-state index contributed by atoms with van der Waals surface area (Å²) in [6.07, 6.45) is 0.962. The van der Waals surface area contributed by atoms with Crippen LogP contribution in [0.15, 0.2) is 59.5 Å². The van der Waals surface area contributed by atoms with Crippen LogP contribution in [0.1, 0.15) is 24.0 Å². The number of aryl methyl sites for hydroxylation is 1. The maximum absolute atomic E-state index is 13.1. The number of hydrogen-bond donors (Lipinski definition) is 0. The lowest BCUT2D eigenvalue weighted by Crippen LogP contribution is -2.53. The van der Waals surface area contributed by atoms with Crippen LogP contribution in [0.5, 0.6) is 0 Å². The summed E-state index contributed by atoms with van der Waals surface area (Å²) < 4.78 is 54.2. The zero-order valence-corrected chi connectivity index (χ0v) is 21.0. The molecular formula is C24H31N3O5S2. The van der Waals surface area contributed by atoms with E-state index in [0.717, 1.165) is 11.1 Å². The van der Waals surface area contributed by atoms with Gasteiger partial charge in [0, 0.05) is 45.2 Å². The van der Waals surface area contributed by atoms with Crippen molar-refractivity contribution in [3.63, 3.8) is 0 Å². The Morgan fingerprint density at radius 3 is 1.97 bits per heavy atom. The van der Waals surface area contributed by atoms with E-state index in [2.05, 4.69) is 0 Å². The highest BCUT2D eigenvalue weighted by atomic mass is 32.2. The van der Waals surface area contributed by atoms with Crippen molar-refractivity contribution in [2.75, 3.05) is 39.3 Å². The zero-order chi connectivity index (χ0) is 24.3. The zero-order valence-electron chi connectivity index (χ0n) is 19.3. The number of piperazine rings is 1. The normalized spacial score (nSPS) is 19.3. The smallest absolute Gasteiger partial charge is 0.243 e. The summed E-state index contributed by atoms with van der Waals surface area (Å²) >= 11 is 0. The van der Waals surface area contributed by atoms with Crippen molar-refractivity contribution in [3.8, 4) is 0 Å². The molecule has 0 aliphatic carbocycles. The second-order valence-corrected chi connectivity index (χ2v) is 12.9. The first kappa shape index (κ1) is 24.8. The van der Waals surface area contributed by atoms with Gasteiger partial charge in [-0.1, -0.05) is 48.0 Å². The van der Waals surface area contributed by atoms with E-state index in [1.807, 2.05) is 25.1 Å². The van der Waals surface area contributed by atoms with Gasteiger partial charge in [-0.05, 0) is 37.5 Å². The van der Waals surface area contributed by atoms with Crippen LogP contribution >= 0.6 is 0 Å². The van der Waals surface area contributed by atoms with Crippen LogP contribution in [0.2, 0.25) is 0 Å². The Hall–Kier alpha value is -2.27. The number of carbonyl (C=O) groups excluding carboxylic acids is 1. The minimum Gasteiger partial charge on any atom is -0.340 e. The summed E-state index contributed by atoms with van der Waals surface area (Å²) in [5, 5.41) is 0. The van der Waals surface area contributed by atoms with Crippen molar-refractivity contribution >= 4 is 26.0 Å². The molecule has 0 radical (unpaired) electrons. The molecule has 0 atom stereocenters. The number of benzene rings is 2. The molecule has 2 aliphatic heterocycles. The molecular weight excluding hydrogens is 474 g/mol. The lowest BCUT2D eigenvalue weighted by atomic mass is 9.96. The Morgan fingerprint density at radius 2 is 1.38 bits per heavy atom. The van der Waals surface area contributed by atoms with Crippen molar-refractivity contribution in [2.24, 2.45) is 5.92 Å². The van der Waals surface area contributed by atoms with Crippen LogP contribution in [0, 0.1) is 12.8 Å². The van der Waals surface area contributed by atoms with Crippen molar-refractivity contribution in [1.82, 2.24) is 13.5 Å². The number of amides is 1. The maximum atomic E-state index is 13.1. The lowest BCUT2D eigenvalue weighted by molar-refractivity contribution is -0.137. The van der Waals surface area contributed by atoms with Gasteiger partial charge in [-0.15, -0.1) is 0 Å². The molecule has 2 saturated heterocycles. The van der Waals surface area contributed by atoms with Gasteiger partial charge in [0.1, 0.15) is 0 Å². The Kier molecular flexibility index (Phi) is 7.42. The molecule has 2 heterocycles. The quantitative estimate of drug-likeness (QED) is 0.599. The van der Waals surface area contributed by atoms with Crippen molar-refractivity contribution in [3.05, 3.63) is 65.7 Å². The van der Waals surface area contributed by atoms with Crippen molar-refractivity contribution in [1.29, 1.82) is 0 Å². The largest absolute Gasteiger partial charge is 0.340 e. The molecule has 4 rings (SSSR count). The molecule has 2 aromatic rings. The third kappa shape index (κ3) is 5.51. The predicted octanol–water partition coefficient (Wildman–Crippen LogP) is 2.07. The van der Waals surface area contributed by atoms with Crippen LogP contribution in [0.4, 0.5) is 0 Å². The summed E-state index contributed by atoms with van der Waals surface area (Å²) in [5.41, 5.74) is 1.74. The number of piperidine rings is 1. The minimum atomic E-state index is -3.58. The van der Waals surface area contributed by atoms with Crippen LogP contribution < -0.4 is 0 Å². The fraction of sp³-hybridized carbons (Fsp3) is 0.458. The Labute approximate surface area is 202 Å². The van der Waals surface area contributed by atoms with Gasteiger partial charge in [-0.25, -0.2) is 21.1 Å². The summed E-state index contributed by atoms with van der Waals surface area (Å²) in [6, 6.07) is 15.9. The van der Waals surface area contributed by atoms with Gasteiger partial charge in [0.25, 0.3) is 0 Å². The van der Waals surface area contributed by atoms with Crippen molar-refractivity contribution in [2.45, 2.75) is 30.4 Å². The van der Waals surface area contributed by atoms with Gasteiger partial charge in [-0.2, -0.15) is 4.31 Å². The minimum absolute atomic E-state index is 0.00695. The van der Waals surface area contributed by atoms with Gasteiger partial charge in [0.2, 0.25) is 26.0 Å². The maximum Gasteiger partial charge on any atom is 0.243 e. The molecule has 0 N–H and O–H groups in total. The molecule has 0 saturated carbocycles. The second kappa shape index (κ2) is 10.2. The molecule has 0 spiro atoms. The molecule has 10 heteroatoms. The van der Waals surface area contributed by atoms with Crippen LogP contribution in [0.3, 0.4) is 0 Å². The molecule has 0 unspecified atom stereocenters. The summed E-state index contributed by atoms with van der Waals surface area (Å²) in [6.45, 7) is 3.76. The first-order valence-corrected chi connectivity index (χ1v) is 14.6. The highest BCUT2D eigenvalue weighted by molar-refractivity contribution is 7.89. The number of hydrogen-bond acceptors (Lipinski definition) is 5. The molecule has 184 valence electrons. The molecule has 1 amide bonds. The first-order chi connectivity index (χ1) is 16.2. The van der Waals surface area contributed by atoms with Gasteiger partial charge >= 0.3 is 0 Å². The molecule has 2 aliphatic rings. The van der Waals surface area contributed by atoms with Crippen LogP contribution in [-0.2, 0) is 30.6 Å². The van der Waals surface area contributed by atoms with Gasteiger partial charge in [0.15, 0.2) is 0 Å². The number of sulfonamides is 2. The Morgan fingerprint density at radius 1 is 0.794 bits per heavy atom. The Bertz CT molecular complexity index is 1200. The second-order valence-electron chi connectivity index (χ2n) is 8.96. The molecule has 0 aromatic heterocycles. The predicted molar refractivity (Wildman–Crippen MR) is 130 cm³/mol. The third-order valence-corrected chi connectivity index (χ3v) is 10.4. The number of carbonyl (C=O) groups is 1. The average molecular weight is 506 g/mol. The molecule has 0 bridgehead atoms. The first-order valence-electron chi connectivity index (χ1n) is 11.5. The molecule has 8 nitrogen and oxygen atoms in total. The standard InChI is InChI=1S/C24H31N3O5S2/c1-20-7-9-23(10-8-20)34(31,32)27-17-15-25(16-18-27)24(28)22-11-13-26(14-12-22)33(29,30)19-21-5-3-2-4-6-21/h2-10,22H,11-19H2,1H3. The van der Waals surface area contributed by atoms with E-state index in [4.69, 9.17) is 0 Å². The van der Waals surface area contributed by atoms with E-state index in [-0.39, 0.29) is 35.6 Å². The van der Waals surface area contributed by atoms with E-state index < -0.39 is 20.0 Å². The topological polar surface area (TPSA) is 95.1 Å². The van der Waals surface area contributed by atoms with Crippen molar-refractivity contribution < 1.29 is 21.6 Å². The fourth-order valence-corrected chi connectivity index (χ4v) is 7.51. The van der Waals surface area contributed by atoms with Gasteiger partial charge in [-0.3, -0.25) is 4.79 Å². The third-order valence-electron chi connectivity index (χ3n) is 6.60. The molecule has 34 heavy (non-hydrogen) atoms. The lowest BCUT2D eigenvalue weighted by Gasteiger charge is -2.37. The van der Waals surface area contributed by atoms with E-state index in [1.54, 1.807) is 41.3 Å². The fourth-order valence-electron chi connectivity index (χ4n) is 4.52. The summed E-state index contributed by atoms with van der Waals surface area (Å²) in [7, 11) is -7.01. The highest BCUT2D eigenvalue weighted by Gasteiger charge is 2.35. The van der Waals surface area contributed by atoms with Gasteiger partial charge < -0.3 is 4.90 Å². The number of rotatable bonds is 6. The Balaban J connectivity index is 1.29. The van der Waals surface area contributed by atoms with Crippen LogP contribution in [0.25, 0.3) is 0 Å². The number of nitrogens with zero attached hydrogens (tertiary/aromatic N) is 3. The van der Waals surface area contributed by atoms with E-state index in [0.29, 0.717) is 39.0 Å². The summed E-state index contributed by atoms with van der Waals surface area (Å²) in [5.74, 6) is -0.278. The average Bonchev–Trinajstić information content (AvgIpc) is 2.84.